The summed E-state index contributed by atoms with van der Waals surface area (Å²) in [7, 11) is -3.32. The average molecular weight is 389 g/mol. The lowest BCUT2D eigenvalue weighted by molar-refractivity contribution is -0.146. The van der Waals surface area contributed by atoms with Crippen molar-refractivity contribution in [2.24, 2.45) is 0 Å². The second-order valence-electron chi connectivity index (χ2n) is 6.68. The summed E-state index contributed by atoms with van der Waals surface area (Å²) in [6.45, 7) is 2.74. The lowest BCUT2D eigenvalue weighted by atomic mass is 10.1. The molecule has 1 heterocycles. The first kappa shape index (κ1) is 19.4. The summed E-state index contributed by atoms with van der Waals surface area (Å²) in [5, 5.41) is 0. The lowest BCUT2D eigenvalue weighted by Crippen LogP contribution is -2.47. The molecule has 0 spiro atoms. The quantitative estimate of drug-likeness (QED) is 0.785. The average Bonchev–Trinajstić information content (AvgIpc) is 2.66. The monoisotopic (exact) mass is 389 g/mol. The van der Waals surface area contributed by atoms with Gasteiger partial charge in [-0.05, 0) is 30.7 Å². The maximum Gasteiger partial charge on any atom is 0.260 e. The van der Waals surface area contributed by atoms with E-state index in [2.05, 4.69) is 0 Å². The molecule has 0 bridgehead atoms. The van der Waals surface area contributed by atoms with Crippen LogP contribution < -0.4 is 4.74 Å². The van der Waals surface area contributed by atoms with E-state index in [1.807, 2.05) is 37.3 Å². The third kappa shape index (κ3) is 5.08. The largest absolute Gasteiger partial charge is 0.484 e. The van der Waals surface area contributed by atoms with Crippen LogP contribution in [0, 0.1) is 0 Å². The minimum absolute atomic E-state index is 0.0820. The van der Waals surface area contributed by atoms with Crippen LogP contribution in [-0.2, 0) is 19.4 Å². The van der Waals surface area contributed by atoms with E-state index in [0.717, 1.165) is 11.8 Å². The molecule has 0 N–H and O–H groups in total. The fourth-order valence-corrected chi connectivity index (χ4v) is 3.69. The highest BCUT2D eigenvalue weighted by atomic mass is 32.2. The SMILES string of the molecule is CC1CN(C(=O)COc2cccc(S(C)(=O)=O)c2)CC(c2ccccc2)O1. The molecule has 0 radical (unpaired) electrons. The smallest absolute Gasteiger partial charge is 0.260 e. The summed E-state index contributed by atoms with van der Waals surface area (Å²) < 4.78 is 34.8. The molecule has 2 atom stereocenters. The molecule has 2 unspecified atom stereocenters. The van der Waals surface area contributed by atoms with Gasteiger partial charge in [-0.1, -0.05) is 36.4 Å². The highest BCUT2D eigenvalue weighted by Gasteiger charge is 2.29. The number of hydrogen-bond acceptors (Lipinski definition) is 5. The number of nitrogens with zero attached hydrogens (tertiary/aromatic N) is 1. The Bertz CT molecular complexity index is 898. The lowest BCUT2D eigenvalue weighted by Gasteiger charge is -2.37. The van der Waals surface area contributed by atoms with Crippen LogP contribution in [0.3, 0.4) is 0 Å². The molecule has 3 rings (SSSR count). The van der Waals surface area contributed by atoms with Crippen LogP contribution in [0.2, 0.25) is 0 Å². The minimum Gasteiger partial charge on any atom is -0.484 e. The molecule has 0 aliphatic carbocycles. The number of hydrogen-bond donors (Lipinski definition) is 0. The number of sulfone groups is 1. The topological polar surface area (TPSA) is 72.9 Å². The van der Waals surface area contributed by atoms with E-state index in [9.17, 15) is 13.2 Å². The molecular weight excluding hydrogens is 366 g/mol. The standard InChI is InChI=1S/C20H23NO5S/c1-15-12-21(13-19(26-15)16-7-4-3-5-8-16)20(22)14-25-17-9-6-10-18(11-17)27(2,23)24/h3-11,15,19H,12-14H2,1-2H3. The number of rotatable bonds is 5. The zero-order valence-electron chi connectivity index (χ0n) is 15.4. The molecule has 1 saturated heterocycles. The van der Waals surface area contributed by atoms with Crippen LogP contribution in [0.15, 0.2) is 59.5 Å². The number of amides is 1. The summed E-state index contributed by atoms with van der Waals surface area (Å²) in [6.07, 6.45) is 0.879. The van der Waals surface area contributed by atoms with E-state index in [1.165, 1.54) is 12.1 Å². The van der Waals surface area contributed by atoms with E-state index in [1.54, 1.807) is 17.0 Å². The van der Waals surface area contributed by atoms with E-state index in [0.29, 0.717) is 18.8 Å². The highest BCUT2D eigenvalue weighted by molar-refractivity contribution is 7.90. The van der Waals surface area contributed by atoms with E-state index >= 15 is 0 Å². The second-order valence-corrected chi connectivity index (χ2v) is 8.70. The minimum atomic E-state index is -3.32. The van der Waals surface area contributed by atoms with Gasteiger partial charge in [0.05, 0.1) is 17.5 Å². The molecule has 2 aromatic rings. The van der Waals surface area contributed by atoms with Crippen molar-refractivity contribution in [3.63, 3.8) is 0 Å². The van der Waals surface area contributed by atoms with E-state index < -0.39 is 9.84 Å². The Kier molecular flexibility index (Phi) is 5.82. The highest BCUT2D eigenvalue weighted by Crippen LogP contribution is 2.25. The van der Waals surface area contributed by atoms with Crippen molar-refractivity contribution in [1.29, 1.82) is 0 Å². The molecule has 1 aliphatic heterocycles. The van der Waals surface area contributed by atoms with Crippen LogP contribution in [0.5, 0.6) is 5.75 Å². The molecule has 1 aliphatic rings. The zero-order chi connectivity index (χ0) is 19.4. The van der Waals surface area contributed by atoms with Crippen molar-refractivity contribution in [2.75, 3.05) is 26.0 Å². The van der Waals surface area contributed by atoms with Crippen molar-refractivity contribution >= 4 is 15.7 Å². The van der Waals surface area contributed by atoms with E-state index in [4.69, 9.17) is 9.47 Å². The van der Waals surface area contributed by atoms with Crippen LogP contribution >= 0.6 is 0 Å². The summed E-state index contributed by atoms with van der Waals surface area (Å²) in [4.78, 5) is 14.5. The van der Waals surface area contributed by atoms with Gasteiger partial charge in [0.1, 0.15) is 11.9 Å². The maximum atomic E-state index is 12.6. The molecule has 6 nitrogen and oxygen atoms in total. The summed E-state index contributed by atoms with van der Waals surface area (Å²) in [5.41, 5.74) is 1.03. The molecule has 7 heteroatoms. The second kappa shape index (κ2) is 8.10. The molecule has 1 fully saturated rings. The van der Waals surface area contributed by atoms with Crippen molar-refractivity contribution in [3.8, 4) is 5.75 Å². The number of carbonyl (C=O) groups is 1. The molecule has 0 aromatic heterocycles. The third-order valence-corrected chi connectivity index (χ3v) is 5.49. The first-order valence-electron chi connectivity index (χ1n) is 8.74. The zero-order valence-corrected chi connectivity index (χ0v) is 16.2. The molecular formula is C20H23NO5S. The van der Waals surface area contributed by atoms with Crippen LogP contribution in [0.4, 0.5) is 0 Å². The fourth-order valence-electron chi connectivity index (χ4n) is 3.04. The predicted molar refractivity (Wildman–Crippen MR) is 101 cm³/mol. The molecule has 144 valence electrons. The van der Waals surface area contributed by atoms with Gasteiger partial charge in [-0.25, -0.2) is 8.42 Å². The van der Waals surface area contributed by atoms with Gasteiger partial charge in [0.2, 0.25) is 0 Å². The predicted octanol–water partition coefficient (Wildman–Crippen LogP) is 2.46. The molecule has 1 amide bonds. The Morgan fingerprint density at radius 1 is 1.15 bits per heavy atom. The van der Waals surface area contributed by atoms with Gasteiger partial charge in [-0.15, -0.1) is 0 Å². The molecule has 0 saturated carbocycles. The molecule has 2 aromatic carbocycles. The van der Waals surface area contributed by atoms with E-state index in [-0.39, 0.29) is 29.6 Å². The van der Waals surface area contributed by atoms with Crippen LogP contribution in [-0.4, -0.2) is 51.3 Å². The van der Waals surface area contributed by atoms with Gasteiger partial charge >= 0.3 is 0 Å². The normalized spacial score (nSPS) is 20.3. The summed E-state index contributed by atoms with van der Waals surface area (Å²) in [5.74, 6) is 0.197. The number of ether oxygens (including phenoxy) is 2. The first-order valence-corrected chi connectivity index (χ1v) is 10.6. The van der Waals surface area contributed by atoms with Gasteiger partial charge in [-0.2, -0.15) is 0 Å². The van der Waals surface area contributed by atoms with Crippen molar-refractivity contribution < 1.29 is 22.7 Å². The molecule has 27 heavy (non-hydrogen) atoms. The third-order valence-electron chi connectivity index (χ3n) is 4.38. The van der Waals surface area contributed by atoms with Crippen LogP contribution in [0.1, 0.15) is 18.6 Å². The van der Waals surface area contributed by atoms with Gasteiger partial charge in [0.25, 0.3) is 5.91 Å². The van der Waals surface area contributed by atoms with Crippen molar-refractivity contribution in [1.82, 2.24) is 4.90 Å². The Hall–Kier alpha value is -2.38. The number of carbonyl (C=O) groups excluding carboxylic acids is 1. The number of benzene rings is 2. The van der Waals surface area contributed by atoms with Gasteiger partial charge in [0.15, 0.2) is 16.4 Å². The van der Waals surface area contributed by atoms with Gasteiger partial charge in [-0.3, -0.25) is 4.79 Å². The fraction of sp³-hybridized carbons (Fsp3) is 0.350. The Balaban J connectivity index is 1.64. The van der Waals surface area contributed by atoms with Crippen molar-refractivity contribution in [2.45, 2.75) is 24.0 Å². The van der Waals surface area contributed by atoms with Crippen molar-refractivity contribution in [3.05, 3.63) is 60.2 Å². The van der Waals surface area contributed by atoms with Gasteiger partial charge in [0, 0.05) is 12.8 Å². The Morgan fingerprint density at radius 2 is 1.89 bits per heavy atom. The Labute approximate surface area is 159 Å². The Morgan fingerprint density at radius 3 is 2.59 bits per heavy atom. The number of morpholine rings is 1. The first-order chi connectivity index (χ1) is 12.8. The maximum absolute atomic E-state index is 12.6. The summed E-state index contributed by atoms with van der Waals surface area (Å²) in [6, 6.07) is 16.0. The van der Waals surface area contributed by atoms with Gasteiger partial charge < -0.3 is 14.4 Å². The van der Waals surface area contributed by atoms with Crippen LogP contribution in [0.25, 0.3) is 0 Å². The summed E-state index contributed by atoms with van der Waals surface area (Å²) >= 11 is 0.